The van der Waals surface area contributed by atoms with Crippen molar-refractivity contribution in [2.75, 3.05) is 13.2 Å². The summed E-state index contributed by atoms with van der Waals surface area (Å²) in [7, 11) is 0. The molecular formula is C15H24O. The summed E-state index contributed by atoms with van der Waals surface area (Å²) in [5.41, 5.74) is 2.93. The van der Waals surface area contributed by atoms with Gasteiger partial charge in [-0.05, 0) is 44.2 Å². The van der Waals surface area contributed by atoms with Gasteiger partial charge in [-0.3, -0.25) is 0 Å². The standard InChI is InChI=1S/C15H24O/c1-3-16-13-9-5-4-6-11-15-12-8-7-10-14(15)2/h7-8,10,12H,3-6,9,11,13H2,1-2H3. The first-order valence-electron chi connectivity index (χ1n) is 6.47. The molecule has 0 saturated heterocycles. The Hall–Kier alpha value is -0.820. The van der Waals surface area contributed by atoms with E-state index in [0.717, 1.165) is 13.2 Å². The van der Waals surface area contributed by atoms with E-state index < -0.39 is 0 Å². The zero-order chi connectivity index (χ0) is 11.6. The molecule has 0 bridgehead atoms. The minimum atomic E-state index is 0.850. The summed E-state index contributed by atoms with van der Waals surface area (Å²) in [6.45, 7) is 6.03. The molecule has 0 spiro atoms. The van der Waals surface area contributed by atoms with E-state index in [-0.39, 0.29) is 0 Å². The quantitative estimate of drug-likeness (QED) is 0.598. The zero-order valence-corrected chi connectivity index (χ0v) is 10.7. The number of ether oxygens (including phenoxy) is 1. The fourth-order valence-electron chi connectivity index (χ4n) is 1.91. The molecule has 0 unspecified atom stereocenters. The predicted molar refractivity (Wildman–Crippen MR) is 69.8 cm³/mol. The van der Waals surface area contributed by atoms with Crippen LogP contribution in [-0.4, -0.2) is 13.2 Å². The third-order valence-electron chi connectivity index (χ3n) is 2.95. The van der Waals surface area contributed by atoms with Crippen LogP contribution in [0.2, 0.25) is 0 Å². The maximum atomic E-state index is 5.32. The molecule has 1 heteroatoms. The molecule has 0 amide bonds. The lowest BCUT2D eigenvalue weighted by Crippen LogP contribution is -1.94. The first-order chi connectivity index (χ1) is 7.84. The van der Waals surface area contributed by atoms with Crippen LogP contribution in [0.15, 0.2) is 24.3 Å². The van der Waals surface area contributed by atoms with Crippen LogP contribution in [0.4, 0.5) is 0 Å². The summed E-state index contributed by atoms with van der Waals surface area (Å²) in [6.07, 6.45) is 6.35. The monoisotopic (exact) mass is 220 g/mol. The molecule has 0 aromatic heterocycles. The smallest absolute Gasteiger partial charge is 0.0465 e. The molecule has 0 aliphatic rings. The second-order valence-electron chi connectivity index (χ2n) is 4.29. The Labute approximate surface area is 99.8 Å². The highest BCUT2D eigenvalue weighted by Crippen LogP contribution is 2.12. The average Bonchev–Trinajstić information content (AvgIpc) is 2.30. The second kappa shape index (κ2) is 8.35. The van der Waals surface area contributed by atoms with E-state index in [1.54, 1.807) is 0 Å². The van der Waals surface area contributed by atoms with Crippen molar-refractivity contribution < 1.29 is 4.74 Å². The van der Waals surface area contributed by atoms with Gasteiger partial charge in [-0.1, -0.05) is 37.1 Å². The highest BCUT2D eigenvalue weighted by molar-refractivity contribution is 5.25. The topological polar surface area (TPSA) is 9.23 Å². The minimum absolute atomic E-state index is 0.850. The van der Waals surface area contributed by atoms with Gasteiger partial charge in [0.1, 0.15) is 0 Å². The van der Waals surface area contributed by atoms with Crippen molar-refractivity contribution in [3.63, 3.8) is 0 Å². The molecule has 1 aromatic carbocycles. The van der Waals surface area contributed by atoms with Crippen LogP contribution >= 0.6 is 0 Å². The Morgan fingerprint density at radius 1 is 1.00 bits per heavy atom. The van der Waals surface area contributed by atoms with E-state index in [0.29, 0.717) is 0 Å². The Balaban J connectivity index is 2.05. The first-order valence-corrected chi connectivity index (χ1v) is 6.47. The molecule has 1 aromatic rings. The Bertz CT molecular complexity index is 281. The van der Waals surface area contributed by atoms with Crippen LogP contribution in [0.25, 0.3) is 0 Å². The van der Waals surface area contributed by atoms with Gasteiger partial charge >= 0.3 is 0 Å². The summed E-state index contributed by atoms with van der Waals surface area (Å²) in [6, 6.07) is 8.69. The summed E-state index contributed by atoms with van der Waals surface area (Å²) in [5.74, 6) is 0. The van der Waals surface area contributed by atoms with E-state index in [2.05, 4.69) is 38.1 Å². The molecule has 90 valence electrons. The molecule has 0 N–H and O–H groups in total. The lowest BCUT2D eigenvalue weighted by molar-refractivity contribution is 0.143. The highest BCUT2D eigenvalue weighted by Gasteiger charge is 1.96. The highest BCUT2D eigenvalue weighted by atomic mass is 16.5. The second-order valence-corrected chi connectivity index (χ2v) is 4.29. The van der Waals surface area contributed by atoms with Crippen LogP contribution in [0.3, 0.4) is 0 Å². The predicted octanol–water partition coefficient (Wildman–Crippen LogP) is 4.13. The van der Waals surface area contributed by atoms with Crippen molar-refractivity contribution in [1.29, 1.82) is 0 Å². The van der Waals surface area contributed by atoms with Gasteiger partial charge in [-0.25, -0.2) is 0 Å². The number of unbranched alkanes of at least 4 members (excludes halogenated alkanes) is 3. The first kappa shape index (κ1) is 13.2. The maximum absolute atomic E-state index is 5.32. The lowest BCUT2D eigenvalue weighted by Gasteiger charge is -2.05. The van der Waals surface area contributed by atoms with E-state index in [1.165, 1.54) is 43.2 Å². The van der Waals surface area contributed by atoms with Gasteiger partial charge in [0.2, 0.25) is 0 Å². The number of benzene rings is 1. The summed E-state index contributed by atoms with van der Waals surface area (Å²) in [5, 5.41) is 0. The maximum Gasteiger partial charge on any atom is 0.0465 e. The fraction of sp³-hybridized carbons (Fsp3) is 0.600. The van der Waals surface area contributed by atoms with E-state index in [4.69, 9.17) is 4.74 Å². The van der Waals surface area contributed by atoms with Gasteiger partial charge in [0.25, 0.3) is 0 Å². The number of hydrogen-bond donors (Lipinski definition) is 0. The number of hydrogen-bond acceptors (Lipinski definition) is 1. The molecule has 0 radical (unpaired) electrons. The third-order valence-corrected chi connectivity index (χ3v) is 2.95. The van der Waals surface area contributed by atoms with Gasteiger partial charge in [0, 0.05) is 13.2 Å². The molecule has 0 fully saturated rings. The van der Waals surface area contributed by atoms with Crippen LogP contribution in [0.1, 0.15) is 43.7 Å². The van der Waals surface area contributed by atoms with Gasteiger partial charge in [-0.15, -0.1) is 0 Å². The van der Waals surface area contributed by atoms with Gasteiger partial charge in [0.15, 0.2) is 0 Å². The molecule has 0 aliphatic carbocycles. The van der Waals surface area contributed by atoms with Crippen LogP contribution < -0.4 is 0 Å². The largest absolute Gasteiger partial charge is 0.382 e. The van der Waals surface area contributed by atoms with Crippen LogP contribution in [0.5, 0.6) is 0 Å². The SMILES string of the molecule is CCOCCCCCCc1ccccc1C. The zero-order valence-electron chi connectivity index (χ0n) is 10.7. The molecule has 0 aliphatic heterocycles. The molecule has 1 rings (SSSR count). The summed E-state index contributed by atoms with van der Waals surface area (Å²) < 4.78 is 5.32. The Morgan fingerprint density at radius 3 is 2.50 bits per heavy atom. The van der Waals surface area contributed by atoms with E-state index in [1.807, 2.05) is 0 Å². The normalized spacial score (nSPS) is 10.6. The van der Waals surface area contributed by atoms with Crippen molar-refractivity contribution in [3.05, 3.63) is 35.4 Å². The van der Waals surface area contributed by atoms with Crippen molar-refractivity contribution in [1.82, 2.24) is 0 Å². The number of rotatable bonds is 8. The van der Waals surface area contributed by atoms with Crippen LogP contribution in [-0.2, 0) is 11.2 Å². The molecule has 0 saturated carbocycles. The van der Waals surface area contributed by atoms with Crippen molar-refractivity contribution in [2.24, 2.45) is 0 Å². The third kappa shape index (κ3) is 5.32. The lowest BCUT2D eigenvalue weighted by atomic mass is 10.0. The average molecular weight is 220 g/mol. The van der Waals surface area contributed by atoms with Crippen molar-refractivity contribution >= 4 is 0 Å². The van der Waals surface area contributed by atoms with E-state index >= 15 is 0 Å². The molecule has 0 heterocycles. The van der Waals surface area contributed by atoms with Crippen molar-refractivity contribution in [3.8, 4) is 0 Å². The van der Waals surface area contributed by atoms with E-state index in [9.17, 15) is 0 Å². The number of aryl methyl sites for hydroxylation is 2. The summed E-state index contributed by atoms with van der Waals surface area (Å²) in [4.78, 5) is 0. The molecule has 1 nitrogen and oxygen atoms in total. The van der Waals surface area contributed by atoms with Gasteiger partial charge < -0.3 is 4.74 Å². The van der Waals surface area contributed by atoms with Gasteiger partial charge in [0.05, 0.1) is 0 Å². The molecule has 0 atom stereocenters. The van der Waals surface area contributed by atoms with Crippen LogP contribution in [0, 0.1) is 6.92 Å². The van der Waals surface area contributed by atoms with Gasteiger partial charge in [-0.2, -0.15) is 0 Å². The molecular weight excluding hydrogens is 196 g/mol. The minimum Gasteiger partial charge on any atom is -0.382 e. The Kier molecular flexibility index (Phi) is 6.91. The fourth-order valence-corrected chi connectivity index (χ4v) is 1.91. The molecule has 16 heavy (non-hydrogen) atoms. The summed E-state index contributed by atoms with van der Waals surface area (Å²) >= 11 is 0. The Morgan fingerprint density at radius 2 is 1.75 bits per heavy atom. The van der Waals surface area contributed by atoms with Crippen molar-refractivity contribution in [2.45, 2.75) is 46.0 Å².